The van der Waals surface area contributed by atoms with Crippen molar-refractivity contribution in [3.63, 3.8) is 0 Å². The molecule has 0 heterocycles. The van der Waals surface area contributed by atoms with Crippen LogP contribution < -0.4 is 23.0 Å². The number of unbranched alkanes of at least 4 members (excludes halogenated alkanes) is 1. The number of halogens is 38. The smallest absolute Gasteiger partial charge is 0.286 e. The molecule has 576 valence electrons. The lowest BCUT2D eigenvalue weighted by Gasteiger charge is -2.44. The van der Waals surface area contributed by atoms with Crippen molar-refractivity contribution in [2.45, 2.75) is 72.6 Å². The zero-order chi connectivity index (χ0) is 80.7. The highest BCUT2D eigenvalue weighted by Gasteiger charge is 2.55. The van der Waals surface area contributed by atoms with E-state index in [0.717, 1.165) is 11.8 Å². The number of nitrogens with two attached hydrogens (primary N) is 1. The Hall–Kier alpha value is -8.93. The molecule has 0 amide bonds. The van der Waals surface area contributed by atoms with E-state index in [1.807, 2.05) is 0 Å². The molecule has 107 heavy (non-hydrogen) atoms. The molecule has 2 unspecified atom stereocenters. The van der Waals surface area contributed by atoms with Gasteiger partial charge in [-0.05, 0) is 40.3 Å². The maximum Gasteiger partial charge on any atom is 0.286 e. The molecule has 0 saturated carbocycles. The lowest BCUT2D eigenvalue weighted by Crippen LogP contribution is -2.85. The molecule has 10 aromatic carbocycles. The van der Waals surface area contributed by atoms with Crippen LogP contribution in [-0.4, -0.2) is 26.2 Å². The number of benzene rings is 10. The lowest BCUT2D eigenvalue weighted by molar-refractivity contribution is -0.661. The Labute approximate surface area is 574 Å². The van der Waals surface area contributed by atoms with Crippen molar-refractivity contribution in [2.24, 2.45) is 11.8 Å². The van der Waals surface area contributed by atoms with E-state index in [4.69, 9.17) is 0 Å². The third-order valence-corrected chi connectivity index (χ3v) is 23.2. The molecule has 2 atom stereocenters. The fourth-order valence-corrected chi connectivity index (χ4v) is 19.2. The summed E-state index contributed by atoms with van der Waals surface area (Å²) in [6, 6.07) is 0. The third kappa shape index (κ3) is 13.1. The largest absolute Gasteiger partial charge is 0.346 e. The van der Waals surface area contributed by atoms with Gasteiger partial charge in [-0.2, -0.15) is 17.7 Å². The monoisotopic (exact) mass is 1600 g/mol. The van der Waals surface area contributed by atoms with Gasteiger partial charge in [0, 0.05) is 5.92 Å². The van der Waals surface area contributed by atoms with Crippen LogP contribution in [0, 0.1) is 233 Å². The van der Waals surface area contributed by atoms with E-state index in [1.54, 1.807) is 0 Å². The first-order valence-electron chi connectivity index (χ1n) is 30.1. The minimum absolute atomic E-state index is 0.903. The predicted molar refractivity (Wildman–Crippen MR) is 304 cm³/mol. The van der Waals surface area contributed by atoms with Gasteiger partial charge >= 0.3 is 0 Å². The molecule has 0 fully saturated rings. The van der Waals surface area contributed by atoms with Crippen LogP contribution in [0.5, 0.6) is 0 Å². The minimum Gasteiger partial charge on any atom is -0.346 e. The van der Waals surface area contributed by atoms with E-state index in [0.29, 0.717) is 0 Å². The van der Waals surface area contributed by atoms with Gasteiger partial charge in [0.05, 0.1) is 45.8 Å². The van der Waals surface area contributed by atoms with Gasteiger partial charge in [-0.15, -0.1) is 0 Å². The number of hydrogen-bond acceptors (Lipinski definition) is 0. The Morgan fingerprint density at radius 2 is 0.421 bits per heavy atom. The van der Waals surface area contributed by atoms with Crippen LogP contribution in [0.3, 0.4) is 0 Å². The van der Waals surface area contributed by atoms with Crippen molar-refractivity contribution >= 4 is 73.9 Å². The van der Waals surface area contributed by atoms with E-state index in [1.165, 1.54) is 58.0 Å². The van der Waals surface area contributed by atoms with Gasteiger partial charge in [0.25, 0.3) is 13.1 Å². The minimum atomic E-state index is -10.2. The highest BCUT2D eigenvalue weighted by molar-refractivity contribution is 7.23. The second-order valence-electron chi connectivity index (χ2n) is 23.6. The Kier molecular flexibility index (Phi) is 24.5. The Morgan fingerprint density at radius 1 is 0.224 bits per heavy atom. The molecule has 1 nitrogen and oxygen atoms in total. The maximum absolute atomic E-state index is 17.3. The highest BCUT2D eigenvalue weighted by Crippen LogP contribution is 2.44. The van der Waals surface area contributed by atoms with Gasteiger partial charge in [0.15, 0.2) is 186 Å². The molecule has 10 aromatic rings. The standard InChI is InChI=1S/C15H33N.C12F10.4C10F7.Al/c1-5-8-10-15(7-3)11-12-16-13-14(4)9-6-2;13-3-1(4(14)8(18)11(21)7(3)17)2-5(15)9(19)12(22)10(20)6(2)16;4*11-3-1-2-4(7(14)6(3)13)8(15)10(17)9(16)5(2)12;/h14-16H,5-13H2,1-4H3;;;;;;/q;;;;;;-1/p+1. The van der Waals surface area contributed by atoms with Crippen molar-refractivity contribution in [1.29, 1.82) is 0 Å². The molecule has 0 aliphatic carbocycles. The van der Waals surface area contributed by atoms with Crippen LogP contribution in [0.1, 0.15) is 72.6 Å². The number of hydrogen-bond donors (Lipinski definition) is 1. The summed E-state index contributed by atoms with van der Waals surface area (Å²) < 4.78 is 563. The average molecular weight is 1600 g/mol. The summed E-state index contributed by atoms with van der Waals surface area (Å²) in [5.41, 5.74) is -4.52. The fraction of sp³-hybridized carbons (Fsp3) is 0.224. The Morgan fingerprint density at radius 3 is 0.626 bits per heavy atom. The summed E-state index contributed by atoms with van der Waals surface area (Å²) in [4.78, 5) is 0. The molecule has 0 spiro atoms. The van der Waals surface area contributed by atoms with E-state index in [-0.39, 0.29) is 0 Å². The van der Waals surface area contributed by atoms with Crippen molar-refractivity contribution < 1.29 is 172 Å². The first kappa shape index (κ1) is 83.7. The molecule has 0 aromatic heterocycles. The zero-order valence-corrected chi connectivity index (χ0v) is 54.2. The van der Waals surface area contributed by atoms with Crippen molar-refractivity contribution in [1.82, 2.24) is 0 Å². The van der Waals surface area contributed by atoms with Gasteiger partial charge in [-0.25, -0.2) is 167 Å². The van der Waals surface area contributed by atoms with Gasteiger partial charge in [-0.1, -0.05) is 59.8 Å². The molecular weight excluding hydrogens is 1570 g/mol. The van der Waals surface area contributed by atoms with Crippen molar-refractivity contribution in [3.8, 4) is 11.1 Å². The Balaban J connectivity index is 0.000000308. The lowest BCUT2D eigenvalue weighted by atomic mass is 9.96. The van der Waals surface area contributed by atoms with Crippen LogP contribution in [0.15, 0.2) is 0 Å². The van der Waals surface area contributed by atoms with Gasteiger partial charge in [0.1, 0.15) is 23.3 Å². The second-order valence-corrected chi connectivity index (χ2v) is 27.7. The molecule has 0 radical (unpaired) electrons. The van der Waals surface area contributed by atoms with Gasteiger partial charge < -0.3 is 5.32 Å². The molecule has 40 heteroatoms. The van der Waals surface area contributed by atoms with E-state index < -0.39 is 306 Å². The molecule has 0 aliphatic rings. The molecule has 0 bridgehead atoms. The normalized spacial score (nSPS) is 12.5. The van der Waals surface area contributed by atoms with Crippen LogP contribution in [0.25, 0.3) is 54.2 Å². The average Bonchev–Trinajstić information content (AvgIpc) is 0.661. The van der Waals surface area contributed by atoms with Crippen LogP contribution in [0.4, 0.5) is 167 Å². The number of rotatable bonds is 16. The SMILES string of the molecule is CCCCC(CC)CC[NH2+]CC(C)CCC.Fc1c(F)c(F)c(-c2c(F)c(F)c(F)c(F)c2F)c(F)c1F.Fc1c(F)c(F)c2[c]([Al-]([c]3c(F)c(F)c(F)c4c(F)c(F)c(F)c(F)c34)([c]3c(F)c(F)c(F)c4c(F)c(F)c(F)c(F)c34)[c]3c(F)c(F)c(F)c4c(F)c(F)c(F)c(F)c34)c(F)c(F)c(F)c2c1F. The number of fused-ring (bicyclic) bond motifs is 4. The first-order valence-corrected chi connectivity index (χ1v) is 32.5. The van der Waals surface area contributed by atoms with Crippen molar-refractivity contribution in [2.75, 3.05) is 13.1 Å². The number of quaternary nitrogens is 1. The third-order valence-electron chi connectivity index (χ3n) is 17.6. The Bertz CT molecular complexity index is 4720. The van der Waals surface area contributed by atoms with E-state index in [9.17, 15) is 61.5 Å². The second kappa shape index (κ2) is 31.3. The summed E-state index contributed by atoms with van der Waals surface area (Å²) in [5.74, 6) is -128. The van der Waals surface area contributed by atoms with E-state index >= 15 is 105 Å². The zero-order valence-electron chi connectivity index (χ0n) is 53.0. The topological polar surface area (TPSA) is 16.6 Å². The van der Waals surface area contributed by atoms with Gasteiger partial charge in [-0.3, -0.25) is 0 Å². The quantitative estimate of drug-likeness (QED) is 0.0326. The van der Waals surface area contributed by atoms with E-state index in [2.05, 4.69) is 33.0 Å². The summed E-state index contributed by atoms with van der Waals surface area (Å²) in [7, 11) is 0. The summed E-state index contributed by atoms with van der Waals surface area (Å²) in [5, 5.41) is -24.2. The molecule has 0 saturated heterocycles. The summed E-state index contributed by atoms with van der Waals surface area (Å²) in [6.07, 6.45) is 9.75. The molecular formula is C67H34AlF38N. The van der Waals surface area contributed by atoms with Crippen LogP contribution >= 0.6 is 0 Å². The van der Waals surface area contributed by atoms with Crippen LogP contribution in [0.2, 0.25) is 0 Å². The van der Waals surface area contributed by atoms with Crippen LogP contribution in [-0.2, 0) is 0 Å². The maximum atomic E-state index is 17.3. The highest BCUT2D eigenvalue weighted by atomic mass is 27.2. The van der Waals surface area contributed by atoms with Crippen molar-refractivity contribution in [3.05, 3.63) is 221 Å². The summed E-state index contributed by atoms with van der Waals surface area (Å²) in [6.45, 7) is 12.0. The molecule has 10 rings (SSSR count). The fourth-order valence-electron chi connectivity index (χ4n) is 12.7. The van der Waals surface area contributed by atoms with Gasteiger partial charge in [0.2, 0.25) is 11.6 Å². The molecule has 2 N–H and O–H groups in total. The summed E-state index contributed by atoms with van der Waals surface area (Å²) >= 11 is -10.2. The first-order chi connectivity index (χ1) is 49.8. The molecule has 0 aliphatic heterocycles. The predicted octanol–water partition coefficient (Wildman–Crippen LogP) is 19.9.